The molecule has 1 atom stereocenters. The molecule has 0 heterocycles. The van der Waals surface area contributed by atoms with Crippen LogP contribution in [0.5, 0.6) is 0 Å². The topological polar surface area (TPSA) is 52.6 Å². The molecule has 0 aromatic heterocycles. The van der Waals surface area contributed by atoms with E-state index in [4.69, 9.17) is 5.11 Å². The molecule has 0 radical (unpaired) electrons. The lowest BCUT2D eigenvalue weighted by molar-refractivity contribution is -0.144. The van der Waals surface area contributed by atoms with Crippen molar-refractivity contribution in [2.45, 2.75) is 39.7 Å². The third-order valence-electron chi connectivity index (χ3n) is 3.02. The maximum absolute atomic E-state index is 11.1. The molecule has 0 amide bonds. The fraction of sp³-hybridized carbons (Fsp3) is 0.917. The highest BCUT2D eigenvalue weighted by molar-refractivity contribution is 5.78. The van der Waals surface area contributed by atoms with Crippen LogP contribution >= 0.6 is 0 Å². The van der Waals surface area contributed by atoms with Gasteiger partial charge in [-0.3, -0.25) is 4.79 Å². The molecule has 4 nitrogen and oxygen atoms in total. The van der Waals surface area contributed by atoms with Gasteiger partial charge in [-0.05, 0) is 32.9 Å². The molecule has 0 aromatic carbocycles. The van der Waals surface area contributed by atoms with Gasteiger partial charge in [0.2, 0.25) is 0 Å². The normalized spacial score (nSPS) is 15.4. The molecule has 2 N–H and O–H groups in total. The van der Waals surface area contributed by atoms with Gasteiger partial charge in [0.15, 0.2) is 0 Å². The van der Waals surface area contributed by atoms with Crippen molar-refractivity contribution in [2.75, 3.05) is 26.7 Å². The van der Waals surface area contributed by atoms with Crippen LogP contribution in [0.1, 0.15) is 34.1 Å². The number of nitrogens with zero attached hydrogens (tertiary/aromatic N) is 1. The Morgan fingerprint density at radius 2 is 2.06 bits per heavy atom. The molecular weight excluding hydrogens is 204 g/mol. The van der Waals surface area contributed by atoms with Crippen LogP contribution < -0.4 is 5.32 Å². The number of carbonyl (C=O) groups is 1. The summed E-state index contributed by atoms with van der Waals surface area (Å²) in [6, 6.07) is 0. The van der Waals surface area contributed by atoms with Gasteiger partial charge >= 0.3 is 5.97 Å². The quantitative estimate of drug-likeness (QED) is 0.662. The molecule has 0 fully saturated rings. The number of carboxylic acids is 1. The number of aliphatic carboxylic acids is 1. The molecule has 0 aliphatic heterocycles. The van der Waals surface area contributed by atoms with Crippen molar-refractivity contribution < 1.29 is 9.90 Å². The highest BCUT2D eigenvalue weighted by Crippen LogP contribution is 2.11. The van der Waals surface area contributed by atoms with Crippen molar-refractivity contribution >= 4 is 5.97 Å². The maximum atomic E-state index is 11.1. The first-order valence-corrected chi connectivity index (χ1v) is 6.00. The SMILES string of the molecule is CCN(CCC(C)(NC)C(=O)O)CC(C)C. The summed E-state index contributed by atoms with van der Waals surface area (Å²) in [5.74, 6) is -0.166. The molecule has 16 heavy (non-hydrogen) atoms. The van der Waals surface area contributed by atoms with E-state index in [1.807, 2.05) is 0 Å². The first-order valence-electron chi connectivity index (χ1n) is 6.00. The van der Waals surface area contributed by atoms with Gasteiger partial charge in [-0.25, -0.2) is 0 Å². The maximum Gasteiger partial charge on any atom is 0.323 e. The van der Waals surface area contributed by atoms with E-state index in [-0.39, 0.29) is 0 Å². The van der Waals surface area contributed by atoms with Crippen LogP contribution in [0, 0.1) is 5.92 Å². The van der Waals surface area contributed by atoms with E-state index < -0.39 is 11.5 Å². The number of nitrogens with one attached hydrogen (secondary N) is 1. The average Bonchev–Trinajstić information content (AvgIpc) is 2.22. The minimum absolute atomic E-state index is 0.616. The lowest BCUT2D eigenvalue weighted by atomic mass is 9.98. The molecule has 0 rings (SSSR count). The number of rotatable bonds is 8. The molecule has 1 unspecified atom stereocenters. The lowest BCUT2D eigenvalue weighted by Gasteiger charge is -2.29. The van der Waals surface area contributed by atoms with Crippen molar-refractivity contribution in [3.63, 3.8) is 0 Å². The van der Waals surface area contributed by atoms with Crippen LogP contribution in [0.2, 0.25) is 0 Å². The zero-order chi connectivity index (χ0) is 12.8. The van der Waals surface area contributed by atoms with Crippen molar-refractivity contribution in [3.8, 4) is 0 Å². The summed E-state index contributed by atoms with van der Waals surface area (Å²) in [5.41, 5.74) is -0.815. The smallest absolute Gasteiger partial charge is 0.323 e. The summed E-state index contributed by atoms with van der Waals surface area (Å²) in [5, 5.41) is 12.0. The molecule has 0 saturated carbocycles. The Labute approximate surface area is 99.0 Å². The second kappa shape index (κ2) is 6.86. The van der Waals surface area contributed by atoms with E-state index in [2.05, 4.69) is 31.0 Å². The lowest BCUT2D eigenvalue weighted by Crippen LogP contribution is -2.49. The van der Waals surface area contributed by atoms with E-state index in [0.717, 1.165) is 19.6 Å². The van der Waals surface area contributed by atoms with Gasteiger partial charge in [0.1, 0.15) is 5.54 Å². The summed E-state index contributed by atoms with van der Waals surface area (Å²) in [6.07, 6.45) is 0.624. The van der Waals surface area contributed by atoms with Gasteiger partial charge in [0.25, 0.3) is 0 Å². The Morgan fingerprint density at radius 3 is 2.38 bits per heavy atom. The third kappa shape index (κ3) is 4.94. The number of likely N-dealkylation sites (N-methyl/N-ethyl adjacent to an activating group) is 1. The van der Waals surface area contributed by atoms with E-state index >= 15 is 0 Å². The number of carboxylic acid groups (broad SMARTS) is 1. The first kappa shape index (κ1) is 15.4. The van der Waals surface area contributed by atoms with E-state index in [9.17, 15) is 4.79 Å². The van der Waals surface area contributed by atoms with Crippen LogP contribution in [-0.2, 0) is 4.79 Å². The average molecular weight is 230 g/mol. The Morgan fingerprint density at radius 1 is 1.50 bits per heavy atom. The molecule has 96 valence electrons. The van der Waals surface area contributed by atoms with Crippen LogP contribution in [0.3, 0.4) is 0 Å². The molecule has 4 heteroatoms. The Bertz CT molecular complexity index is 219. The van der Waals surface area contributed by atoms with Crippen molar-refractivity contribution in [1.82, 2.24) is 10.2 Å². The minimum Gasteiger partial charge on any atom is -0.480 e. The molecule has 0 aliphatic carbocycles. The molecule has 0 spiro atoms. The fourth-order valence-corrected chi connectivity index (χ4v) is 1.62. The molecule has 0 aromatic rings. The summed E-state index contributed by atoms with van der Waals surface area (Å²) in [4.78, 5) is 13.4. The van der Waals surface area contributed by atoms with Gasteiger partial charge in [0.05, 0.1) is 0 Å². The standard InChI is InChI=1S/C12H26N2O2/c1-6-14(9-10(2)3)8-7-12(4,13-5)11(15)16/h10,13H,6-9H2,1-5H3,(H,15,16). The summed E-state index contributed by atoms with van der Waals surface area (Å²) in [6.45, 7) is 11.0. The van der Waals surface area contributed by atoms with Gasteiger partial charge in [-0.2, -0.15) is 0 Å². The van der Waals surface area contributed by atoms with Crippen LogP contribution in [0.4, 0.5) is 0 Å². The van der Waals surface area contributed by atoms with Crippen molar-refractivity contribution in [3.05, 3.63) is 0 Å². The minimum atomic E-state index is -0.815. The van der Waals surface area contributed by atoms with Gasteiger partial charge in [0, 0.05) is 13.1 Å². The number of hydrogen-bond donors (Lipinski definition) is 2. The Hall–Kier alpha value is -0.610. The summed E-state index contributed by atoms with van der Waals surface area (Å²) < 4.78 is 0. The van der Waals surface area contributed by atoms with E-state index in [1.54, 1.807) is 14.0 Å². The van der Waals surface area contributed by atoms with Gasteiger partial charge in [-0.1, -0.05) is 20.8 Å². The van der Waals surface area contributed by atoms with Gasteiger partial charge in [-0.15, -0.1) is 0 Å². The second-order valence-electron chi connectivity index (χ2n) is 4.92. The Kier molecular flexibility index (Phi) is 6.60. The fourth-order valence-electron chi connectivity index (χ4n) is 1.62. The van der Waals surface area contributed by atoms with Crippen LogP contribution in [0.15, 0.2) is 0 Å². The highest BCUT2D eigenvalue weighted by Gasteiger charge is 2.31. The second-order valence-corrected chi connectivity index (χ2v) is 4.92. The highest BCUT2D eigenvalue weighted by atomic mass is 16.4. The number of hydrogen-bond acceptors (Lipinski definition) is 3. The molecule has 0 saturated heterocycles. The molecule has 0 bridgehead atoms. The monoisotopic (exact) mass is 230 g/mol. The molecule has 0 aliphatic rings. The third-order valence-corrected chi connectivity index (χ3v) is 3.02. The van der Waals surface area contributed by atoms with Gasteiger partial charge < -0.3 is 15.3 Å². The zero-order valence-electron chi connectivity index (χ0n) is 11.2. The molecular formula is C12H26N2O2. The predicted octanol–water partition coefficient (Wildman–Crippen LogP) is 1.42. The predicted molar refractivity (Wildman–Crippen MR) is 66.7 cm³/mol. The van der Waals surface area contributed by atoms with E-state index in [1.165, 1.54) is 0 Å². The zero-order valence-corrected chi connectivity index (χ0v) is 11.2. The summed E-state index contributed by atoms with van der Waals surface area (Å²) >= 11 is 0. The first-order chi connectivity index (χ1) is 7.35. The van der Waals surface area contributed by atoms with Crippen LogP contribution in [0.25, 0.3) is 0 Å². The largest absolute Gasteiger partial charge is 0.480 e. The summed E-state index contributed by atoms with van der Waals surface area (Å²) in [7, 11) is 1.70. The Balaban J connectivity index is 4.23. The van der Waals surface area contributed by atoms with Crippen LogP contribution in [-0.4, -0.2) is 48.2 Å². The van der Waals surface area contributed by atoms with E-state index in [0.29, 0.717) is 12.3 Å². The van der Waals surface area contributed by atoms with Crippen molar-refractivity contribution in [1.29, 1.82) is 0 Å². The van der Waals surface area contributed by atoms with Crippen molar-refractivity contribution in [2.24, 2.45) is 5.92 Å².